The fourth-order valence-corrected chi connectivity index (χ4v) is 1.76. The highest BCUT2D eigenvalue weighted by Gasteiger charge is 2.15. The minimum Gasteiger partial charge on any atom is -0.454 e. The summed E-state index contributed by atoms with van der Waals surface area (Å²) in [6.07, 6.45) is 1.63. The van der Waals surface area contributed by atoms with Crippen LogP contribution in [0.4, 0.5) is 11.4 Å². The summed E-state index contributed by atoms with van der Waals surface area (Å²) in [7, 11) is 0. The van der Waals surface area contributed by atoms with Gasteiger partial charge in [-0.1, -0.05) is 0 Å². The monoisotopic (exact) mass is 229 g/mol. The van der Waals surface area contributed by atoms with Crippen LogP contribution in [0.5, 0.6) is 11.5 Å². The molecule has 0 fully saturated rings. The van der Waals surface area contributed by atoms with Crippen LogP contribution >= 0.6 is 0 Å². The van der Waals surface area contributed by atoms with E-state index in [1.165, 1.54) is 0 Å². The summed E-state index contributed by atoms with van der Waals surface area (Å²) < 4.78 is 10.6. The number of fused-ring (bicyclic) bond motifs is 1. The van der Waals surface area contributed by atoms with Gasteiger partial charge in [0.2, 0.25) is 6.79 Å². The SMILES string of the molecule is Nc1ccnc(-c2ccc3c(c2)OCO3)c1N. The minimum absolute atomic E-state index is 0.249. The smallest absolute Gasteiger partial charge is 0.231 e. The average molecular weight is 229 g/mol. The maximum atomic E-state index is 5.90. The second-order valence-corrected chi connectivity index (χ2v) is 3.73. The first-order chi connectivity index (χ1) is 8.25. The lowest BCUT2D eigenvalue weighted by molar-refractivity contribution is 0.174. The second-order valence-electron chi connectivity index (χ2n) is 3.73. The van der Waals surface area contributed by atoms with Gasteiger partial charge < -0.3 is 20.9 Å². The van der Waals surface area contributed by atoms with E-state index >= 15 is 0 Å². The van der Waals surface area contributed by atoms with E-state index in [0.29, 0.717) is 22.8 Å². The van der Waals surface area contributed by atoms with Crippen LogP contribution in [-0.4, -0.2) is 11.8 Å². The zero-order valence-electron chi connectivity index (χ0n) is 9.01. The molecule has 4 N–H and O–H groups in total. The van der Waals surface area contributed by atoms with Crippen LogP contribution in [0.25, 0.3) is 11.3 Å². The molecule has 86 valence electrons. The molecule has 1 aromatic heterocycles. The summed E-state index contributed by atoms with van der Waals surface area (Å²) in [5.41, 5.74) is 14.2. The van der Waals surface area contributed by atoms with E-state index in [1.54, 1.807) is 12.3 Å². The van der Waals surface area contributed by atoms with Crippen molar-refractivity contribution in [2.24, 2.45) is 0 Å². The van der Waals surface area contributed by atoms with Gasteiger partial charge >= 0.3 is 0 Å². The quantitative estimate of drug-likeness (QED) is 0.776. The van der Waals surface area contributed by atoms with Crippen molar-refractivity contribution in [3.8, 4) is 22.8 Å². The van der Waals surface area contributed by atoms with Gasteiger partial charge in [0.05, 0.1) is 17.1 Å². The van der Waals surface area contributed by atoms with Gasteiger partial charge in [0.1, 0.15) is 0 Å². The summed E-state index contributed by atoms with van der Waals surface area (Å²) in [6, 6.07) is 7.24. The lowest BCUT2D eigenvalue weighted by Gasteiger charge is -2.07. The Hall–Kier alpha value is -2.43. The molecule has 2 aromatic rings. The molecule has 3 rings (SSSR count). The van der Waals surface area contributed by atoms with Crippen LogP contribution in [0.3, 0.4) is 0 Å². The van der Waals surface area contributed by atoms with Crippen LogP contribution in [0.1, 0.15) is 0 Å². The standard InChI is InChI=1S/C12H11N3O2/c13-8-3-4-15-12(11(8)14)7-1-2-9-10(5-7)17-6-16-9/h1-5H,6,14H2,(H2,13,15). The predicted octanol–water partition coefficient (Wildman–Crippen LogP) is 1.64. The van der Waals surface area contributed by atoms with E-state index in [9.17, 15) is 0 Å². The Bertz CT molecular complexity index is 584. The molecule has 0 aliphatic carbocycles. The zero-order valence-corrected chi connectivity index (χ0v) is 9.01. The average Bonchev–Trinajstić information content (AvgIpc) is 2.79. The Kier molecular flexibility index (Phi) is 2.04. The van der Waals surface area contributed by atoms with Crippen molar-refractivity contribution in [1.82, 2.24) is 4.98 Å². The summed E-state index contributed by atoms with van der Waals surface area (Å²) >= 11 is 0. The van der Waals surface area contributed by atoms with E-state index in [-0.39, 0.29) is 6.79 Å². The molecule has 0 bridgehead atoms. The van der Waals surface area contributed by atoms with E-state index in [4.69, 9.17) is 20.9 Å². The maximum Gasteiger partial charge on any atom is 0.231 e. The number of pyridine rings is 1. The van der Waals surface area contributed by atoms with Crippen molar-refractivity contribution in [3.63, 3.8) is 0 Å². The fourth-order valence-electron chi connectivity index (χ4n) is 1.76. The van der Waals surface area contributed by atoms with Crippen LogP contribution in [0.2, 0.25) is 0 Å². The van der Waals surface area contributed by atoms with Crippen molar-refractivity contribution < 1.29 is 9.47 Å². The number of nitrogens with zero attached hydrogens (tertiary/aromatic N) is 1. The van der Waals surface area contributed by atoms with Gasteiger partial charge in [0.25, 0.3) is 0 Å². The first-order valence-corrected chi connectivity index (χ1v) is 5.15. The van der Waals surface area contributed by atoms with Crippen molar-refractivity contribution in [1.29, 1.82) is 0 Å². The van der Waals surface area contributed by atoms with Crippen molar-refractivity contribution in [2.75, 3.05) is 18.3 Å². The molecule has 0 radical (unpaired) electrons. The first-order valence-electron chi connectivity index (χ1n) is 5.15. The molecule has 5 heteroatoms. The third kappa shape index (κ3) is 1.52. The van der Waals surface area contributed by atoms with E-state index in [0.717, 1.165) is 11.3 Å². The summed E-state index contributed by atoms with van der Waals surface area (Å²) in [5.74, 6) is 1.43. The Morgan fingerprint density at radius 2 is 1.88 bits per heavy atom. The third-order valence-corrected chi connectivity index (χ3v) is 2.67. The molecule has 0 saturated heterocycles. The number of benzene rings is 1. The minimum atomic E-state index is 0.249. The third-order valence-electron chi connectivity index (χ3n) is 2.67. The van der Waals surface area contributed by atoms with Crippen molar-refractivity contribution in [2.45, 2.75) is 0 Å². The van der Waals surface area contributed by atoms with Gasteiger partial charge in [0, 0.05) is 11.8 Å². The fraction of sp³-hybridized carbons (Fsp3) is 0.0833. The lowest BCUT2D eigenvalue weighted by atomic mass is 10.1. The number of nitrogen functional groups attached to an aromatic ring is 2. The molecule has 0 atom stereocenters. The second kappa shape index (κ2) is 3.55. The number of hydrogen-bond donors (Lipinski definition) is 2. The summed E-state index contributed by atoms with van der Waals surface area (Å²) in [6.45, 7) is 0.249. The van der Waals surface area contributed by atoms with E-state index in [2.05, 4.69) is 4.98 Å². The van der Waals surface area contributed by atoms with E-state index < -0.39 is 0 Å². The van der Waals surface area contributed by atoms with Crippen molar-refractivity contribution >= 4 is 11.4 Å². The number of ether oxygens (including phenoxy) is 2. The number of nitrogens with two attached hydrogens (primary N) is 2. The van der Waals surface area contributed by atoms with Gasteiger partial charge in [-0.3, -0.25) is 4.98 Å². The molecule has 0 unspecified atom stereocenters. The van der Waals surface area contributed by atoms with Gasteiger partial charge in [-0.15, -0.1) is 0 Å². The van der Waals surface area contributed by atoms with Gasteiger partial charge in [0.15, 0.2) is 11.5 Å². The first kappa shape index (κ1) is 9.77. The molecule has 0 spiro atoms. The van der Waals surface area contributed by atoms with Crippen LogP contribution < -0.4 is 20.9 Å². The molecule has 2 heterocycles. The molecule has 1 aromatic carbocycles. The number of anilines is 2. The summed E-state index contributed by atoms with van der Waals surface area (Å²) in [4.78, 5) is 4.23. The van der Waals surface area contributed by atoms with Gasteiger partial charge in [-0.05, 0) is 24.3 Å². The Morgan fingerprint density at radius 3 is 2.76 bits per heavy atom. The molecule has 17 heavy (non-hydrogen) atoms. The highest BCUT2D eigenvalue weighted by Crippen LogP contribution is 2.37. The highest BCUT2D eigenvalue weighted by molar-refractivity contribution is 5.82. The number of hydrogen-bond acceptors (Lipinski definition) is 5. The highest BCUT2D eigenvalue weighted by atomic mass is 16.7. The maximum absolute atomic E-state index is 5.90. The largest absolute Gasteiger partial charge is 0.454 e. The van der Waals surface area contributed by atoms with Crippen LogP contribution in [0, 0.1) is 0 Å². The number of aromatic nitrogens is 1. The molecular weight excluding hydrogens is 218 g/mol. The predicted molar refractivity (Wildman–Crippen MR) is 64.6 cm³/mol. The van der Waals surface area contributed by atoms with Crippen LogP contribution in [-0.2, 0) is 0 Å². The zero-order chi connectivity index (χ0) is 11.8. The topological polar surface area (TPSA) is 83.4 Å². The molecule has 0 saturated carbocycles. The Balaban J connectivity index is 2.13. The Labute approximate surface area is 98.0 Å². The Morgan fingerprint density at radius 1 is 1.06 bits per heavy atom. The lowest BCUT2D eigenvalue weighted by Crippen LogP contribution is -1.99. The number of rotatable bonds is 1. The van der Waals surface area contributed by atoms with Crippen LogP contribution in [0.15, 0.2) is 30.5 Å². The van der Waals surface area contributed by atoms with Gasteiger partial charge in [-0.25, -0.2) is 0 Å². The molecule has 0 amide bonds. The molecular formula is C12H11N3O2. The molecule has 1 aliphatic rings. The van der Waals surface area contributed by atoms with E-state index in [1.807, 2.05) is 18.2 Å². The normalized spacial score (nSPS) is 12.7. The summed E-state index contributed by atoms with van der Waals surface area (Å²) in [5, 5.41) is 0. The van der Waals surface area contributed by atoms with Gasteiger partial charge in [-0.2, -0.15) is 0 Å². The molecule has 1 aliphatic heterocycles. The molecule has 5 nitrogen and oxygen atoms in total. The van der Waals surface area contributed by atoms with Crippen molar-refractivity contribution in [3.05, 3.63) is 30.5 Å².